The van der Waals surface area contributed by atoms with E-state index in [0.29, 0.717) is 47.3 Å². The highest BCUT2D eigenvalue weighted by Crippen LogP contribution is 2.59. The third-order valence-electron chi connectivity index (χ3n) is 22.5. The number of carboxylic acids is 2. The van der Waals surface area contributed by atoms with Gasteiger partial charge in [-0.15, -0.1) is 23.5 Å². The number of rotatable bonds is 37. The Morgan fingerprint density at radius 2 is 0.873 bits per heavy atom. The van der Waals surface area contributed by atoms with Crippen molar-refractivity contribution in [2.45, 2.75) is 131 Å². The number of benzene rings is 2. The van der Waals surface area contributed by atoms with E-state index in [9.17, 15) is 77.7 Å². The van der Waals surface area contributed by atoms with Gasteiger partial charge in [-0.3, -0.25) is 19.3 Å². The SMILES string of the molecule is C=CCOC(=O)C1=C(OP(=O)(Oc2ccccc2)Oc2ccccc2)[C@H](C)[C@@H]2[C@@H]([C@@H](C)O)C(=O)N12.C=CCOC(=O)C1=C(S[C@H]2C[C@@H](/C=C/c3cc(C(=O)OCC=C)no3)N(C(=O)OCC=C)C2)[C@H](C)[C@@H]2[C@@H]([C@@H](C)O)C(=O)N12.C=CCOC(=O)c1cc(/C=C/[C@@H]2C[C@H](S)CN2C(=O)OCC=C)on1.C[C@@H](O)[C@H]1C(=O)N2C(C(=O)O)=C(S[C@@H]3CN[C@H](/C=C/c4cc(C(=O)O)no4)C3)[C@H](C)[C@H]12. The van der Waals surface area contributed by atoms with E-state index in [2.05, 4.69) is 72.9 Å². The summed E-state index contributed by atoms with van der Waals surface area (Å²) in [6, 6.07) is 19.0. The third-order valence-corrected chi connectivity index (χ3v) is 27.2. The lowest BCUT2D eigenvalue weighted by molar-refractivity contribution is -0.164. The predicted molar refractivity (Wildman–Crippen MR) is 489 cm³/mol. The summed E-state index contributed by atoms with van der Waals surface area (Å²) in [6.07, 6.45) is 17.3. The molecular formula is C92H104N9O29PS3. The molecule has 14 rings (SSSR count). The fraction of sp³-hybridized carbons (Fsp3) is 0.391. The number of nitrogens with zero attached hydrogens (tertiary/aromatic N) is 8. The molecule has 2 aromatic carbocycles. The first-order valence-electron chi connectivity index (χ1n) is 42.5. The van der Waals surface area contributed by atoms with E-state index >= 15 is 0 Å². The van der Waals surface area contributed by atoms with E-state index in [0.717, 1.165) is 6.42 Å². The number of phosphoric acid groups is 1. The van der Waals surface area contributed by atoms with Crippen LogP contribution in [0.25, 0.3) is 18.2 Å². The molecule has 18 atom stereocenters. The van der Waals surface area contributed by atoms with Crippen LogP contribution in [0.3, 0.4) is 0 Å². The molecule has 714 valence electrons. The Hall–Kier alpha value is -12.8. The zero-order chi connectivity index (χ0) is 97.1. The number of β-lactam (4-membered cyclic amide) rings is 3. The zero-order valence-corrected chi connectivity index (χ0v) is 77.3. The Bertz CT molecular complexity index is 5440. The number of likely N-dealkylation sites (tertiary alicyclic amines) is 2. The van der Waals surface area contributed by atoms with Crippen molar-refractivity contribution in [1.29, 1.82) is 0 Å². The highest BCUT2D eigenvalue weighted by atomic mass is 32.2. The molecule has 6 fully saturated rings. The number of hydrogen-bond acceptors (Lipinski definition) is 34. The monoisotopic (exact) mass is 1930 g/mol. The van der Waals surface area contributed by atoms with Crippen molar-refractivity contribution < 1.29 is 138 Å². The second kappa shape index (κ2) is 46.3. The molecule has 0 bridgehead atoms. The molecule has 38 nitrogen and oxygen atoms in total. The number of esters is 4. The van der Waals surface area contributed by atoms with Crippen LogP contribution in [-0.4, -0.2) is 261 Å². The number of thiol groups is 1. The van der Waals surface area contributed by atoms with Crippen LogP contribution in [0.5, 0.6) is 11.5 Å². The Morgan fingerprint density at radius 1 is 0.493 bits per heavy atom. The number of para-hydroxylation sites is 2. The summed E-state index contributed by atoms with van der Waals surface area (Å²) in [7, 11) is -4.43. The fourth-order valence-electron chi connectivity index (χ4n) is 16.5. The zero-order valence-electron chi connectivity index (χ0n) is 73.9. The number of nitrogens with one attached hydrogen (secondary N) is 1. The minimum absolute atomic E-state index is 0.00342. The van der Waals surface area contributed by atoms with Gasteiger partial charge >= 0.3 is 55.8 Å². The summed E-state index contributed by atoms with van der Waals surface area (Å²) in [4.78, 5) is 144. The van der Waals surface area contributed by atoms with Gasteiger partial charge in [0.2, 0.25) is 17.7 Å². The van der Waals surface area contributed by atoms with Crippen molar-refractivity contribution in [1.82, 2.24) is 45.3 Å². The quantitative estimate of drug-likeness (QED) is 0.00485. The number of thioether (sulfide) groups is 2. The standard InChI is InChI=1S/C30H35N3O9S.C25H26NO8P.C20H23N3O7S.C17H20N2O5S/c1-6-11-39-28(36)22-15-20(42-31-22)10-9-19-14-21(16-32(19)30(38)41-13-8-3)43-26-17(4)24-23(18(5)34)27(35)33(24)25(26)29(37)40-12-7-2;1-4-15-31-25(29)22-23(16(2)21-20(17(3)27)24(28)26(21)22)34-35(30,32-18-11-7-5-8-12-18)33-19-13-9-6-10-14-19;1-8-15-14(9(2)24)18(25)23(15)16(20(28)29)17(8)31-12-5-10(21-7-12)3-4-11-6-13(19(26)27)22-30-11;1-3-7-22-16(20)15-10-13(24-18-15)6-5-12-9-14(25)11-19(12)17(21)23-8-4-2/h6-10,15,17-19,21,23-24,34H,1-3,11-14,16H2,4-5H3;4-14,16-17,20-21,27H,1,15H2,2-3H3;3-4,6,8-10,12,14-15,21,24H,5,7H2,1-2H3,(H,26,27)(H,28,29);3-6,10,12,14,25H,1-2,7-9,11H2/b10-9+;;4-3+;6-5+/t17-,18-,19-,21+,23-,24-;16-,17-,20-,21-;8-,9-,10-,12+,14-,15-;12-,14+/m1111/s1. The molecule has 42 heteroatoms. The summed E-state index contributed by atoms with van der Waals surface area (Å²) < 4.78 is 77.2. The third kappa shape index (κ3) is 23.7. The summed E-state index contributed by atoms with van der Waals surface area (Å²) >= 11 is 7.31. The van der Waals surface area contributed by atoms with Gasteiger partial charge in [0.15, 0.2) is 40.1 Å². The molecule has 6 N–H and O–H groups in total. The number of carboxylic acid groups (broad SMARTS) is 2. The van der Waals surface area contributed by atoms with Gasteiger partial charge in [-0.05, 0) is 82.5 Å². The maximum absolute atomic E-state index is 13.9. The summed E-state index contributed by atoms with van der Waals surface area (Å²) in [6.45, 7) is 33.0. The van der Waals surface area contributed by atoms with Crippen LogP contribution in [0.1, 0.15) is 110 Å². The van der Waals surface area contributed by atoms with Crippen molar-refractivity contribution in [3.05, 3.63) is 240 Å². The van der Waals surface area contributed by atoms with E-state index in [4.69, 9.17) is 60.7 Å². The second-order valence-electron chi connectivity index (χ2n) is 31.9. The van der Waals surface area contributed by atoms with Crippen LogP contribution in [0.4, 0.5) is 9.59 Å². The van der Waals surface area contributed by atoms with Crippen LogP contribution < -0.4 is 14.4 Å². The number of aliphatic carboxylic acids is 1. The predicted octanol–water partition coefficient (Wildman–Crippen LogP) is 11.1. The summed E-state index contributed by atoms with van der Waals surface area (Å²) in [5, 5.41) is 63.1. The molecule has 0 aliphatic carbocycles. The van der Waals surface area contributed by atoms with Crippen LogP contribution in [0, 0.1) is 35.5 Å². The number of aliphatic hydroxyl groups excluding tert-OH is 3. The molecule has 0 radical (unpaired) electrons. The molecule has 5 amide bonds. The van der Waals surface area contributed by atoms with Crippen molar-refractivity contribution in [3.63, 3.8) is 0 Å². The summed E-state index contributed by atoms with van der Waals surface area (Å²) in [5.41, 5.74) is -0.0846. The first-order valence-corrected chi connectivity index (χ1v) is 46.3. The normalized spacial score (nSPS) is 24.8. The molecule has 0 spiro atoms. The molecule has 9 aliphatic rings. The van der Waals surface area contributed by atoms with Gasteiger partial charge in [-0.2, -0.15) is 17.2 Å². The molecule has 134 heavy (non-hydrogen) atoms. The topological polar surface area (TPSA) is 495 Å². The average Bonchev–Trinajstić information content (AvgIpc) is 1.56. The first kappa shape index (κ1) is 102. The van der Waals surface area contributed by atoms with Crippen molar-refractivity contribution in [2.75, 3.05) is 59.3 Å². The number of carbonyl (C=O) groups excluding carboxylic acids is 9. The number of aromatic nitrogens is 3. The number of aliphatic hydroxyl groups is 3. The van der Waals surface area contributed by atoms with Crippen molar-refractivity contribution in [2.24, 2.45) is 35.5 Å². The van der Waals surface area contributed by atoms with E-state index in [-0.39, 0.29) is 167 Å². The lowest BCUT2D eigenvalue weighted by Gasteiger charge is -2.46. The van der Waals surface area contributed by atoms with Crippen LogP contribution in [0.15, 0.2) is 219 Å². The first-order chi connectivity index (χ1) is 64.1. The molecule has 9 aliphatic heterocycles. The lowest BCUT2D eigenvalue weighted by atomic mass is 9.79. The van der Waals surface area contributed by atoms with E-state index in [1.54, 1.807) is 122 Å². The second-order valence-corrected chi connectivity index (χ2v) is 36.7. The van der Waals surface area contributed by atoms with Crippen molar-refractivity contribution in [3.8, 4) is 11.5 Å². The number of carbonyl (C=O) groups is 11. The van der Waals surface area contributed by atoms with Crippen LogP contribution in [-0.2, 0) is 66.3 Å². The molecule has 6 saturated heterocycles. The molecule has 5 aromatic rings. The average molecular weight is 1930 g/mol. The molecule has 0 unspecified atom stereocenters. The van der Waals surface area contributed by atoms with Gasteiger partial charge in [0.25, 0.3) is 0 Å². The van der Waals surface area contributed by atoms with E-state index in [1.807, 2.05) is 19.9 Å². The Morgan fingerprint density at radius 3 is 1.31 bits per heavy atom. The Balaban J connectivity index is 0.000000175. The Kier molecular flexibility index (Phi) is 35.1. The molecule has 12 heterocycles. The molecule has 0 saturated carbocycles. The number of amides is 5. The van der Waals surface area contributed by atoms with E-state index < -0.39 is 116 Å². The molecular weight excluding hydrogens is 1820 g/mol. The van der Waals surface area contributed by atoms with Gasteiger partial charge in [-0.1, -0.05) is 167 Å². The minimum Gasteiger partial charge on any atom is -0.477 e. The summed E-state index contributed by atoms with van der Waals surface area (Å²) in [5.74, 6) is -7.72. The van der Waals surface area contributed by atoms with Crippen LogP contribution >= 0.6 is 44.0 Å². The molecule has 3 aromatic heterocycles. The van der Waals surface area contributed by atoms with Crippen molar-refractivity contribution >= 4 is 128 Å². The van der Waals surface area contributed by atoms with Gasteiger partial charge in [0, 0.05) is 87.2 Å². The fourth-order valence-corrected chi connectivity index (χ4v) is 21.3. The van der Waals surface area contributed by atoms with Gasteiger partial charge in [0.05, 0.1) is 66.3 Å². The maximum Gasteiger partial charge on any atom is 0.646 e. The lowest BCUT2D eigenvalue weighted by Crippen LogP contribution is -2.63. The minimum atomic E-state index is -4.43. The maximum atomic E-state index is 13.9. The largest absolute Gasteiger partial charge is 0.646 e. The number of phosphoric ester groups is 1. The number of ether oxygens (including phenoxy) is 6. The number of aromatic carboxylic acids is 1. The highest BCUT2D eigenvalue weighted by Gasteiger charge is 2.64. The van der Waals surface area contributed by atoms with Crippen LogP contribution in [0.2, 0.25) is 0 Å². The van der Waals surface area contributed by atoms with Gasteiger partial charge in [0.1, 0.15) is 68.3 Å². The number of hydrogen-bond donors (Lipinski definition) is 7. The highest BCUT2D eigenvalue weighted by molar-refractivity contribution is 8.04. The van der Waals surface area contributed by atoms with Gasteiger partial charge in [-0.25, -0.2) is 38.4 Å². The number of fused-ring (bicyclic) bond motifs is 3. The van der Waals surface area contributed by atoms with E-state index in [1.165, 1.54) is 99.8 Å². The van der Waals surface area contributed by atoms with Gasteiger partial charge < -0.3 is 106 Å². The smallest absolute Gasteiger partial charge is 0.477 e. The Labute approximate surface area is 784 Å².